The van der Waals surface area contributed by atoms with E-state index in [9.17, 15) is 0 Å². The lowest BCUT2D eigenvalue weighted by Crippen LogP contribution is -2.19. The smallest absolute Gasteiger partial charge is 0.248 e. The van der Waals surface area contributed by atoms with Gasteiger partial charge < -0.3 is 5.32 Å². The first-order valence-electron chi connectivity index (χ1n) is 6.48. The van der Waals surface area contributed by atoms with E-state index in [2.05, 4.69) is 33.0 Å². The highest BCUT2D eigenvalue weighted by atomic mass is 35.5. The molecule has 1 atom stereocenters. The fourth-order valence-corrected chi connectivity index (χ4v) is 3.67. The molecule has 0 unspecified atom stereocenters. The lowest BCUT2D eigenvalue weighted by Gasteiger charge is -2.22. The SMILES string of the molecule is Clc1ccc(C2=C[C@@H](c3cccs3)n3nnnc3N2)c(Cl)c1. The lowest BCUT2D eigenvalue weighted by molar-refractivity contribution is 0.593. The summed E-state index contributed by atoms with van der Waals surface area (Å²) >= 11 is 13.9. The number of nitrogens with zero attached hydrogens (tertiary/aromatic N) is 4. The zero-order valence-corrected chi connectivity index (χ0v) is 13.4. The summed E-state index contributed by atoms with van der Waals surface area (Å²) in [5.41, 5.74) is 1.73. The van der Waals surface area contributed by atoms with Crippen LogP contribution in [-0.2, 0) is 0 Å². The highest BCUT2D eigenvalue weighted by Crippen LogP contribution is 2.36. The number of aromatic nitrogens is 4. The van der Waals surface area contributed by atoms with Gasteiger partial charge in [0.05, 0.1) is 5.02 Å². The molecule has 110 valence electrons. The normalized spacial score (nSPS) is 16.8. The molecule has 1 aliphatic heterocycles. The van der Waals surface area contributed by atoms with E-state index >= 15 is 0 Å². The highest BCUT2D eigenvalue weighted by molar-refractivity contribution is 7.10. The van der Waals surface area contributed by atoms with Gasteiger partial charge in [-0.25, -0.2) is 0 Å². The van der Waals surface area contributed by atoms with Crippen molar-refractivity contribution >= 4 is 46.2 Å². The zero-order valence-electron chi connectivity index (χ0n) is 11.1. The molecule has 1 aliphatic rings. The van der Waals surface area contributed by atoms with Gasteiger partial charge >= 0.3 is 0 Å². The highest BCUT2D eigenvalue weighted by Gasteiger charge is 2.25. The number of fused-ring (bicyclic) bond motifs is 1. The van der Waals surface area contributed by atoms with Gasteiger partial charge in [-0.1, -0.05) is 34.4 Å². The molecule has 1 aromatic carbocycles. The first kappa shape index (κ1) is 13.8. The van der Waals surface area contributed by atoms with Crippen LogP contribution in [0.2, 0.25) is 10.0 Å². The van der Waals surface area contributed by atoms with Gasteiger partial charge in [0, 0.05) is 21.2 Å². The van der Waals surface area contributed by atoms with Gasteiger partial charge in [0.25, 0.3) is 0 Å². The Morgan fingerprint density at radius 1 is 1.23 bits per heavy atom. The van der Waals surface area contributed by atoms with Crippen LogP contribution in [0.25, 0.3) is 5.70 Å². The number of rotatable bonds is 2. The molecule has 3 heterocycles. The van der Waals surface area contributed by atoms with Crippen LogP contribution in [0.1, 0.15) is 16.5 Å². The van der Waals surface area contributed by atoms with Gasteiger partial charge in [0.2, 0.25) is 5.95 Å². The van der Waals surface area contributed by atoms with Gasteiger partial charge in [-0.2, -0.15) is 4.68 Å². The van der Waals surface area contributed by atoms with Crippen LogP contribution in [0.15, 0.2) is 41.8 Å². The minimum Gasteiger partial charge on any atom is -0.323 e. The quantitative estimate of drug-likeness (QED) is 0.756. The Balaban J connectivity index is 1.83. The topological polar surface area (TPSA) is 55.6 Å². The maximum absolute atomic E-state index is 6.32. The van der Waals surface area contributed by atoms with Gasteiger partial charge in [-0.3, -0.25) is 0 Å². The molecule has 3 aromatic rings. The molecule has 0 fully saturated rings. The molecule has 0 saturated carbocycles. The minimum atomic E-state index is -0.0620. The molecule has 0 aliphatic carbocycles. The summed E-state index contributed by atoms with van der Waals surface area (Å²) in [4.78, 5) is 1.15. The Hall–Kier alpha value is -1.89. The van der Waals surface area contributed by atoms with E-state index in [4.69, 9.17) is 23.2 Å². The standard InChI is InChI=1S/C14H9Cl2N5S/c15-8-3-4-9(10(16)6-8)11-7-12(13-2-1-5-22-13)21-14(17-11)18-19-20-21/h1-7,12H,(H,17,18,20)/t12-/m0/s1. The molecule has 4 rings (SSSR count). The Morgan fingerprint density at radius 2 is 2.14 bits per heavy atom. The Labute approximate surface area is 140 Å². The van der Waals surface area contributed by atoms with Crippen molar-refractivity contribution in [3.63, 3.8) is 0 Å². The van der Waals surface area contributed by atoms with Gasteiger partial charge in [0.1, 0.15) is 6.04 Å². The Bertz CT molecular complexity index is 856. The number of hydrogen-bond donors (Lipinski definition) is 1. The van der Waals surface area contributed by atoms with Crippen LogP contribution in [-0.4, -0.2) is 20.2 Å². The summed E-state index contributed by atoms with van der Waals surface area (Å²) in [5.74, 6) is 0.585. The molecule has 2 aromatic heterocycles. The van der Waals surface area contributed by atoms with E-state index in [1.165, 1.54) is 0 Å². The lowest BCUT2D eigenvalue weighted by atomic mass is 10.1. The van der Waals surface area contributed by atoms with Crippen molar-refractivity contribution in [1.29, 1.82) is 0 Å². The maximum Gasteiger partial charge on any atom is 0.248 e. The van der Waals surface area contributed by atoms with Gasteiger partial charge in [0.15, 0.2) is 0 Å². The Kier molecular flexibility index (Phi) is 3.37. The van der Waals surface area contributed by atoms with Crippen LogP contribution >= 0.6 is 34.5 Å². The number of halogens is 2. The van der Waals surface area contributed by atoms with Crippen LogP contribution in [0.3, 0.4) is 0 Å². The van der Waals surface area contributed by atoms with Crippen LogP contribution in [0.5, 0.6) is 0 Å². The van der Waals surface area contributed by atoms with Crippen molar-refractivity contribution in [2.75, 3.05) is 5.32 Å². The van der Waals surface area contributed by atoms with E-state index in [0.29, 0.717) is 16.0 Å². The molecular weight excluding hydrogens is 341 g/mol. The number of anilines is 1. The number of allylic oxidation sites excluding steroid dienone is 1. The van der Waals surface area contributed by atoms with E-state index < -0.39 is 0 Å². The first-order valence-corrected chi connectivity index (χ1v) is 8.11. The summed E-state index contributed by atoms with van der Waals surface area (Å²) in [7, 11) is 0. The van der Waals surface area contributed by atoms with Crippen molar-refractivity contribution in [3.8, 4) is 0 Å². The predicted octanol–water partition coefficient (Wildman–Crippen LogP) is 4.10. The van der Waals surface area contributed by atoms with Crippen LogP contribution in [0.4, 0.5) is 5.95 Å². The van der Waals surface area contributed by atoms with E-state index in [1.807, 2.05) is 23.6 Å². The summed E-state index contributed by atoms with van der Waals surface area (Å²) in [6, 6.07) is 9.42. The average molecular weight is 350 g/mol. The second-order valence-electron chi connectivity index (χ2n) is 4.74. The molecule has 0 bridgehead atoms. The second-order valence-corrected chi connectivity index (χ2v) is 6.56. The molecule has 0 spiro atoms. The van der Waals surface area contributed by atoms with Crippen molar-refractivity contribution in [3.05, 3.63) is 62.3 Å². The fraction of sp³-hybridized carbons (Fsp3) is 0.0714. The van der Waals surface area contributed by atoms with E-state index in [0.717, 1.165) is 16.1 Å². The van der Waals surface area contributed by atoms with Crippen molar-refractivity contribution < 1.29 is 0 Å². The van der Waals surface area contributed by atoms with Gasteiger partial charge in [-0.05, 0) is 46.1 Å². The summed E-state index contributed by atoms with van der Waals surface area (Å²) in [6.45, 7) is 0. The molecule has 0 saturated heterocycles. The van der Waals surface area contributed by atoms with Crippen LogP contribution < -0.4 is 5.32 Å². The van der Waals surface area contributed by atoms with Crippen molar-refractivity contribution in [2.45, 2.75) is 6.04 Å². The van der Waals surface area contributed by atoms with Gasteiger partial charge in [-0.15, -0.1) is 11.3 Å². The number of tetrazole rings is 1. The number of thiophene rings is 1. The first-order chi connectivity index (χ1) is 10.7. The molecule has 22 heavy (non-hydrogen) atoms. The third-order valence-corrected chi connectivity index (χ3v) is 4.87. The third kappa shape index (κ3) is 2.29. The molecule has 8 heteroatoms. The van der Waals surface area contributed by atoms with Crippen molar-refractivity contribution in [2.24, 2.45) is 0 Å². The third-order valence-electron chi connectivity index (χ3n) is 3.38. The Morgan fingerprint density at radius 3 is 2.91 bits per heavy atom. The number of benzene rings is 1. The van der Waals surface area contributed by atoms with Crippen molar-refractivity contribution in [1.82, 2.24) is 20.2 Å². The van der Waals surface area contributed by atoms with E-state index in [-0.39, 0.29) is 6.04 Å². The predicted molar refractivity (Wildman–Crippen MR) is 88.3 cm³/mol. The molecular formula is C14H9Cl2N5S. The molecule has 0 amide bonds. The molecule has 0 radical (unpaired) electrons. The van der Waals surface area contributed by atoms with Crippen LogP contribution in [0, 0.1) is 0 Å². The van der Waals surface area contributed by atoms with E-state index in [1.54, 1.807) is 22.1 Å². The zero-order chi connectivity index (χ0) is 15.1. The fourth-order valence-electron chi connectivity index (χ4n) is 2.38. The summed E-state index contributed by atoms with van der Waals surface area (Å²) < 4.78 is 1.75. The second kappa shape index (κ2) is 5.39. The largest absolute Gasteiger partial charge is 0.323 e. The summed E-state index contributed by atoms with van der Waals surface area (Å²) in [6.07, 6.45) is 2.06. The molecule has 1 N–H and O–H groups in total. The number of nitrogens with one attached hydrogen (secondary N) is 1. The minimum absolute atomic E-state index is 0.0620. The monoisotopic (exact) mass is 349 g/mol. The molecule has 5 nitrogen and oxygen atoms in total. The number of hydrogen-bond acceptors (Lipinski definition) is 5. The average Bonchev–Trinajstić information content (AvgIpc) is 3.17. The summed E-state index contributed by atoms with van der Waals surface area (Å²) in [5, 5.41) is 18.3. The maximum atomic E-state index is 6.32.